The molecule has 0 saturated heterocycles. The maximum atomic E-state index is 12.7. The van der Waals surface area contributed by atoms with E-state index in [0.29, 0.717) is 16.5 Å². The number of para-hydroxylation sites is 1. The molecule has 0 spiro atoms. The Morgan fingerprint density at radius 2 is 2.11 bits per heavy atom. The molecular weight excluding hydrogens is 368 g/mol. The highest BCUT2D eigenvalue weighted by Gasteiger charge is 2.30. The Kier molecular flexibility index (Phi) is 5.55. The highest BCUT2D eigenvalue weighted by molar-refractivity contribution is 7.17. The van der Waals surface area contributed by atoms with Crippen molar-refractivity contribution in [1.29, 1.82) is 0 Å². The van der Waals surface area contributed by atoms with Gasteiger partial charge in [-0.1, -0.05) is 25.5 Å². The first-order chi connectivity index (χ1) is 13.0. The molecule has 1 N–H and O–H groups in total. The van der Waals surface area contributed by atoms with Crippen LogP contribution >= 0.6 is 11.3 Å². The molecule has 0 bridgehead atoms. The minimum Gasteiger partial charge on any atom is -0.465 e. The standard InChI is InChI=1S/C19H20N2O5S/c1-3-11-8-9-13-15(10-11)27-18(16(13)19(23)26-2)20-17(22)12-6-4-5-7-14(12)21(24)25/h4-7,11H,3,8-10H2,1-2H3,(H,20,22)/t11-/m1/s1. The number of nitro groups is 1. The largest absolute Gasteiger partial charge is 0.465 e. The number of benzene rings is 1. The predicted molar refractivity (Wildman–Crippen MR) is 103 cm³/mol. The molecule has 1 heterocycles. The Labute approximate surface area is 160 Å². The van der Waals surface area contributed by atoms with Gasteiger partial charge in [0.15, 0.2) is 0 Å². The lowest BCUT2D eigenvalue weighted by molar-refractivity contribution is -0.385. The van der Waals surface area contributed by atoms with Crippen molar-refractivity contribution in [3.8, 4) is 0 Å². The van der Waals surface area contributed by atoms with Crippen LogP contribution in [-0.2, 0) is 17.6 Å². The molecule has 0 saturated carbocycles. The van der Waals surface area contributed by atoms with E-state index in [1.54, 1.807) is 6.07 Å². The number of anilines is 1. The van der Waals surface area contributed by atoms with Crippen LogP contribution in [0.2, 0.25) is 0 Å². The summed E-state index contributed by atoms with van der Waals surface area (Å²) in [5.74, 6) is -0.557. The molecule has 0 radical (unpaired) electrons. The summed E-state index contributed by atoms with van der Waals surface area (Å²) in [5.41, 5.74) is 0.978. The lowest BCUT2D eigenvalue weighted by atomic mass is 9.85. The number of rotatable bonds is 5. The van der Waals surface area contributed by atoms with E-state index in [9.17, 15) is 19.7 Å². The van der Waals surface area contributed by atoms with Crippen LogP contribution in [0.3, 0.4) is 0 Å². The van der Waals surface area contributed by atoms with E-state index in [1.807, 2.05) is 0 Å². The van der Waals surface area contributed by atoms with Crippen LogP contribution in [0.25, 0.3) is 0 Å². The van der Waals surface area contributed by atoms with Crippen LogP contribution in [0.4, 0.5) is 10.7 Å². The summed E-state index contributed by atoms with van der Waals surface area (Å²) in [6.07, 6.45) is 3.67. The third-order valence-corrected chi connectivity index (χ3v) is 6.08. The number of carbonyl (C=O) groups is 2. The molecule has 1 aromatic carbocycles. The second-order valence-electron chi connectivity index (χ2n) is 6.44. The minimum absolute atomic E-state index is 0.0453. The van der Waals surface area contributed by atoms with Crippen LogP contribution in [0.1, 0.15) is 50.9 Å². The molecule has 142 valence electrons. The van der Waals surface area contributed by atoms with Crippen LogP contribution < -0.4 is 5.32 Å². The zero-order valence-corrected chi connectivity index (χ0v) is 15.9. The number of nitro benzene ring substituents is 1. The smallest absolute Gasteiger partial charge is 0.341 e. The van der Waals surface area contributed by atoms with Crippen LogP contribution in [0, 0.1) is 16.0 Å². The van der Waals surface area contributed by atoms with Crippen molar-refractivity contribution in [1.82, 2.24) is 0 Å². The van der Waals surface area contributed by atoms with Gasteiger partial charge in [-0.2, -0.15) is 0 Å². The van der Waals surface area contributed by atoms with Gasteiger partial charge in [-0.25, -0.2) is 4.79 Å². The van der Waals surface area contributed by atoms with Crippen molar-refractivity contribution < 1.29 is 19.2 Å². The van der Waals surface area contributed by atoms with Crippen molar-refractivity contribution in [2.24, 2.45) is 5.92 Å². The van der Waals surface area contributed by atoms with E-state index in [2.05, 4.69) is 12.2 Å². The number of hydrogen-bond acceptors (Lipinski definition) is 6. The maximum absolute atomic E-state index is 12.7. The maximum Gasteiger partial charge on any atom is 0.341 e. The zero-order chi connectivity index (χ0) is 19.6. The molecule has 7 nitrogen and oxygen atoms in total. The fourth-order valence-corrected chi connectivity index (χ4v) is 4.75. The van der Waals surface area contributed by atoms with Gasteiger partial charge in [0.2, 0.25) is 0 Å². The Morgan fingerprint density at radius 1 is 1.37 bits per heavy atom. The molecule has 2 aromatic rings. The summed E-state index contributed by atoms with van der Waals surface area (Å²) in [7, 11) is 1.30. The number of hydrogen-bond donors (Lipinski definition) is 1. The second kappa shape index (κ2) is 7.87. The van der Waals surface area contributed by atoms with Crippen LogP contribution in [0.5, 0.6) is 0 Å². The van der Waals surface area contributed by atoms with E-state index in [0.717, 1.165) is 36.1 Å². The minimum atomic E-state index is -0.613. The summed E-state index contributed by atoms with van der Waals surface area (Å²) in [6.45, 7) is 2.14. The molecule has 0 aliphatic heterocycles. The molecule has 1 aliphatic rings. The van der Waals surface area contributed by atoms with Gasteiger partial charge in [-0.3, -0.25) is 14.9 Å². The number of ether oxygens (including phenoxy) is 1. The van der Waals surface area contributed by atoms with E-state index >= 15 is 0 Å². The van der Waals surface area contributed by atoms with Crippen molar-refractivity contribution >= 4 is 33.9 Å². The topological polar surface area (TPSA) is 98.5 Å². The quantitative estimate of drug-likeness (QED) is 0.470. The molecule has 1 atom stereocenters. The zero-order valence-electron chi connectivity index (χ0n) is 15.1. The summed E-state index contributed by atoms with van der Waals surface area (Å²) >= 11 is 1.36. The lowest BCUT2D eigenvalue weighted by Crippen LogP contribution is -2.17. The van der Waals surface area contributed by atoms with Gasteiger partial charge in [-0.05, 0) is 36.8 Å². The van der Waals surface area contributed by atoms with E-state index in [1.165, 1.54) is 36.6 Å². The van der Waals surface area contributed by atoms with Crippen molar-refractivity contribution in [2.45, 2.75) is 32.6 Å². The second-order valence-corrected chi connectivity index (χ2v) is 7.55. The third kappa shape index (κ3) is 3.71. The average molecular weight is 388 g/mol. The van der Waals surface area contributed by atoms with Gasteiger partial charge in [0.05, 0.1) is 17.6 Å². The first kappa shape index (κ1) is 19.0. The molecule has 0 fully saturated rings. The van der Waals surface area contributed by atoms with E-state index in [-0.39, 0.29) is 11.3 Å². The van der Waals surface area contributed by atoms with Gasteiger partial charge >= 0.3 is 5.97 Å². The Morgan fingerprint density at radius 3 is 2.78 bits per heavy atom. The first-order valence-electron chi connectivity index (χ1n) is 8.73. The van der Waals surface area contributed by atoms with Gasteiger partial charge < -0.3 is 10.1 Å². The fraction of sp³-hybridized carbons (Fsp3) is 0.368. The molecule has 1 amide bonds. The van der Waals surface area contributed by atoms with E-state index < -0.39 is 16.8 Å². The molecule has 3 rings (SSSR count). The van der Waals surface area contributed by atoms with Gasteiger partial charge in [0.1, 0.15) is 10.6 Å². The number of methoxy groups -OCH3 is 1. The van der Waals surface area contributed by atoms with Crippen molar-refractivity contribution in [3.05, 3.63) is 55.9 Å². The Hall–Kier alpha value is -2.74. The molecule has 1 aliphatic carbocycles. The highest BCUT2D eigenvalue weighted by atomic mass is 32.1. The SMILES string of the molecule is CC[C@@H]1CCc2c(sc(NC(=O)c3ccccc3[N+](=O)[O-])c2C(=O)OC)C1. The number of carbonyl (C=O) groups excluding carboxylic acids is 2. The summed E-state index contributed by atoms with van der Waals surface area (Å²) in [4.78, 5) is 36.7. The van der Waals surface area contributed by atoms with Gasteiger partial charge in [0, 0.05) is 10.9 Å². The monoisotopic (exact) mass is 388 g/mol. The average Bonchev–Trinajstić information content (AvgIpc) is 3.03. The fourth-order valence-electron chi connectivity index (χ4n) is 3.40. The number of fused-ring (bicyclic) bond motifs is 1. The number of amides is 1. The third-order valence-electron chi connectivity index (χ3n) is 4.91. The van der Waals surface area contributed by atoms with Crippen LogP contribution in [-0.4, -0.2) is 23.9 Å². The number of nitrogens with one attached hydrogen (secondary N) is 1. The Bertz CT molecular complexity index is 906. The molecule has 27 heavy (non-hydrogen) atoms. The molecule has 0 unspecified atom stereocenters. The molecule has 1 aromatic heterocycles. The van der Waals surface area contributed by atoms with Crippen molar-refractivity contribution in [2.75, 3.05) is 12.4 Å². The first-order valence-corrected chi connectivity index (χ1v) is 9.55. The summed E-state index contributed by atoms with van der Waals surface area (Å²) in [6, 6.07) is 5.74. The Balaban J connectivity index is 1.98. The van der Waals surface area contributed by atoms with E-state index in [4.69, 9.17) is 4.74 Å². The molecular formula is C19H20N2O5S. The number of nitrogens with zero attached hydrogens (tertiary/aromatic N) is 1. The number of thiophene rings is 1. The van der Waals surface area contributed by atoms with Gasteiger partial charge in [-0.15, -0.1) is 11.3 Å². The summed E-state index contributed by atoms with van der Waals surface area (Å²) in [5, 5.41) is 14.3. The van der Waals surface area contributed by atoms with Crippen LogP contribution in [0.15, 0.2) is 24.3 Å². The van der Waals surface area contributed by atoms with Gasteiger partial charge in [0.25, 0.3) is 11.6 Å². The molecule has 8 heteroatoms. The van der Waals surface area contributed by atoms with Crippen molar-refractivity contribution in [3.63, 3.8) is 0 Å². The normalized spacial score (nSPS) is 15.7. The predicted octanol–water partition coefficient (Wildman–Crippen LogP) is 4.21. The summed E-state index contributed by atoms with van der Waals surface area (Å²) < 4.78 is 4.91. The number of esters is 1. The lowest BCUT2D eigenvalue weighted by Gasteiger charge is -2.20. The highest BCUT2D eigenvalue weighted by Crippen LogP contribution is 2.41.